The second-order valence-corrected chi connectivity index (χ2v) is 8.20. The van der Waals surface area contributed by atoms with E-state index in [2.05, 4.69) is 36.8 Å². The van der Waals surface area contributed by atoms with Crippen molar-refractivity contribution < 1.29 is 9.59 Å². The molecule has 10 heteroatoms. The molecule has 0 aliphatic rings. The maximum Gasteiger partial charge on any atom is 0.252 e. The van der Waals surface area contributed by atoms with E-state index in [4.69, 9.17) is 11.6 Å². The summed E-state index contributed by atoms with van der Waals surface area (Å²) in [6.45, 7) is 0.223. The van der Waals surface area contributed by atoms with E-state index in [1.54, 1.807) is 54.1 Å². The monoisotopic (exact) mass is 493 g/mol. The van der Waals surface area contributed by atoms with Crippen LogP contribution in [0.2, 0.25) is 5.02 Å². The molecule has 150 valence electrons. The standard InChI is InChI=1S/C19H17BrClN5O2S/c1-26-16(10-22-18(28)14-4-2-3-5-15(14)20)24-25-19(26)29-11-17(27)23-13-8-6-12(21)7-9-13/h2-9H,10-11H2,1H3,(H,22,28)(H,23,27). The van der Waals surface area contributed by atoms with Crippen LogP contribution in [0.4, 0.5) is 5.69 Å². The van der Waals surface area contributed by atoms with Gasteiger partial charge < -0.3 is 15.2 Å². The lowest BCUT2D eigenvalue weighted by molar-refractivity contribution is -0.113. The highest BCUT2D eigenvalue weighted by molar-refractivity contribution is 9.10. The molecule has 0 spiro atoms. The first-order chi connectivity index (χ1) is 13.9. The summed E-state index contributed by atoms with van der Waals surface area (Å²) in [5.74, 6) is 0.393. The molecule has 1 aromatic heterocycles. The van der Waals surface area contributed by atoms with E-state index in [-0.39, 0.29) is 24.1 Å². The van der Waals surface area contributed by atoms with Gasteiger partial charge in [0, 0.05) is 22.2 Å². The van der Waals surface area contributed by atoms with E-state index in [0.717, 1.165) is 4.47 Å². The predicted molar refractivity (Wildman–Crippen MR) is 117 cm³/mol. The molecule has 0 saturated heterocycles. The molecule has 0 radical (unpaired) electrons. The largest absolute Gasteiger partial charge is 0.345 e. The van der Waals surface area contributed by atoms with E-state index in [1.807, 2.05) is 6.07 Å². The lowest BCUT2D eigenvalue weighted by Crippen LogP contribution is -2.24. The van der Waals surface area contributed by atoms with E-state index in [9.17, 15) is 9.59 Å². The first kappa shape index (κ1) is 21.4. The van der Waals surface area contributed by atoms with E-state index < -0.39 is 0 Å². The molecule has 2 amide bonds. The number of carbonyl (C=O) groups excluding carboxylic acids is 2. The number of hydrogen-bond acceptors (Lipinski definition) is 5. The highest BCUT2D eigenvalue weighted by Crippen LogP contribution is 2.18. The number of benzene rings is 2. The average Bonchev–Trinajstić information content (AvgIpc) is 3.06. The molecule has 2 N–H and O–H groups in total. The Balaban J connectivity index is 1.52. The van der Waals surface area contributed by atoms with Crippen molar-refractivity contribution in [3.05, 3.63) is 69.4 Å². The molecule has 2 aromatic carbocycles. The number of aromatic nitrogens is 3. The number of anilines is 1. The van der Waals surface area contributed by atoms with Crippen molar-refractivity contribution >= 4 is 56.8 Å². The second-order valence-electron chi connectivity index (χ2n) is 5.96. The highest BCUT2D eigenvalue weighted by Gasteiger charge is 2.14. The van der Waals surface area contributed by atoms with Gasteiger partial charge in [-0.25, -0.2) is 0 Å². The van der Waals surface area contributed by atoms with Gasteiger partial charge in [-0.3, -0.25) is 9.59 Å². The summed E-state index contributed by atoms with van der Waals surface area (Å²) in [5, 5.41) is 15.0. The van der Waals surface area contributed by atoms with Gasteiger partial charge in [0.25, 0.3) is 5.91 Å². The van der Waals surface area contributed by atoms with Gasteiger partial charge in [0.05, 0.1) is 17.9 Å². The first-order valence-electron chi connectivity index (χ1n) is 8.53. The molecule has 7 nitrogen and oxygen atoms in total. The molecule has 0 saturated carbocycles. The Kier molecular flexibility index (Phi) is 7.29. The Labute approximate surface area is 185 Å². The summed E-state index contributed by atoms with van der Waals surface area (Å²) >= 11 is 10.5. The summed E-state index contributed by atoms with van der Waals surface area (Å²) in [5.41, 5.74) is 1.22. The topological polar surface area (TPSA) is 88.9 Å². The van der Waals surface area contributed by atoms with E-state index in [1.165, 1.54) is 11.8 Å². The van der Waals surface area contributed by atoms with E-state index >= 15 is 0 Å². The van der Waals surface area contributed by atoms with Crippen LogP contribution in [-0.4, -0.2) is 32.3 Å². The van der Waals surface area contributed by atoms with Crippen LogP contribution in [0.25, 0.3) is 0 Å². The third-order valence-electron chi connectivity index (χ3n) is 3.91. The molecule has 29 heavy (non-hydrogen) atoms. The molecule has 0 bridgehead atoms. The number of nitrogens with zero attached hydrogens (tertiary/aromatic N) is 3. The Morgan fingerprint density at radius 3 is 2.59 bits per heavy atom. The Morgan fingerprint density at radius 1 is 1.14 bits per heavy atom. The smallest absolute Gasteiger partial charge is 0.252 e. The highest BCUT2D eigenvalue weighted by atomic mass is 79.9. The Bertz CT molecular complexity index is 1030. The summed E-state index contributed by atoms with van der Waals surface area (Å²) in [6.07, 6.45) is 0. The van der Waals surface area contributed by atoms with E-state index in [0.29, 0.717) is 27.3 Å². The van der Waals surface area contributed by atoms with Crippen LogP contribution in [0.15, 0.2) is 58.2 Å². The minimum atomic E-state index is -0.211. The lowest BCUT2D eigenvalue weighted by atomic mass is 10.2. The Morgan fingerprint density at radius 2 is 1.86 bits per heavy atom. The number of halogens is 2. The van der Waals surface area contributed by atoms with Gasteiger partial charge >= 0.3 is 0 Å². The van der Waals surface area contributed by atoms with Crippen LogP contribution in [0.5, 0.6) is 0 Å². The van der Waals surface area contributed by atoms with Crippen LogP contribution in [-0.2, 0) is 18.4 Å². The van der Waals surface area contributed by atoms with Crippen LogP contribution in [0, 0.1) is 0 Å². The summed E-state index contributed by atoms with van der Waals surface area (Å²) in [6, 6.07) is 14.1. The number of hydrogen-bond donors (Lipinski definition) is 2. The number of rotatable bonds is 7. The number of thioether (sulfide) groups is 1. The van der Waals surface area contributed by atoms with Crippen molar-refractivity contribution in [2.75, 3.05) is 11.1 Å². The minimum Gasteiger partial charge on any atom is -0.345 e. The van der Waals surface area contributed by atoms with Gasteiger partial charge in [0.15, 0.2) is 11.0 Å². The molecule has 0 atom stereocenters. The fourth-order valence-corrected chi connectivity index (χ4v) is 3.71. The maximum atomic E-state index is 12.3. The molecule has 1 heterocycles. The number of amides is 2. The fraction of sp³-hybridized carbons (Fsp3) is 0.158. The first-order valence-corrected chi connectivity index (χ1v) is 10.7. The van der Waals surface area contributed by atoms with Crippen LogP contribution >= 0.6 is 39.3 Å². The van der Waals surface area contributed by atoms with Gasteiger partial charge in [-0.1, -0.05) is 35.5 Å². The van der Waals surface area contributed by atoms with Crippen molar-refractivity contribution in [3.63, 3.8) is 0 Å². The third-order valence-corrected chi connectivity index (χ3v) is 5.87. The van der Waals surface area contributed by atoms with Crippen molar-refractivity contribution in [1.82, 2.24) is 20.1 Å². The van der Waals surface area contributed by atoms with Crippen molar-refractivity contribution in [2.45, 2.75) is 11.7 Å². The van der Waals surface area contributed by atoms with Crippen molar-refractivity contribution in [2.24, 2.45) is 7.05 Å². The zero-order chi connectivity index (χ0) is 20.8. The number of carbonyl (C=O) groups is 2. The number of nitrogens with one attached hydrogen (secondary N) is 2. The van der Waals surface area contributed by atoms with Gasteiger partial charge in [-0.15, -0.1) is 10.2 Å². The van der Waals surface area contributed by atoms with Gasteiger partial charge in [0.2, 0.25) is 5.91 Å². The van der Waals surface area contributed by atoms with Crippen molar-refractivity contribution in [1.29, 1.82) is 0 Å². The van der Waals surface area contributed by atoms with Crippen LogP contribution < -0.4 is 10.6 Å². The zero-order valence-corrected chi connectivity index (χ0v) is 18.5. The maximum absolute atomic E-state index is 12.3. The molecule has 3 rings (SSSR count). The average molecular weight is 495 g/mol. The van der Waals surface area contributed by atoms with Gasteiger partial charge in [0.1, 0.15) is 0 Å². The quantitative estimate of drug-likeness (QED) is 0.487. The summed E-state index contributed by atoms with van der Waals surface area (Å²) < 4.78 is 2.47. The predicted octanol–water partition coefficient (Wildman–Crippen LogP) is 3.89. The van der Waals surface area contributed by atoms with Gasteiger partial charge in [-0.05, 0) is 52.3 Å². The fourth-order valence-electron chi connectivity index (χ4n) is 2.38. The second kappa shape index (κ2) is 9.91. The third kappa shape index (κ3) is 5.81. The minimum absolute atomic E-state index is 0.163. The summed E-state index contributed by atoms with van der Waals surface area (Å²) in [7, 11) is 1.79. The van der Waals surface area contributed by atoms with Crippen molar-refractivity contribution in [3.8, 4) is 0 Å². The van der Waals surface area contributed by atoms with Gasteiger partial charge in [-0.2, -0.15) is 0 Å². The molecule has 0 aliphatic carbocycles. The molecule has 0 aliphatic heterocycles. The SMILES string of the molecule is Cn1c(CNC(=O)c2ccccc2Br)nnc1SCC(=O)Nc1ccc(Cl)cc1. The molecule has 0 unspecified atom stereocenters. The zero-order valence-electron chi connectivity index (χ0n) is 15.4. The molecule has 0 fully saturated rings. The molecular weight excluding hydrogens is 478 g/mol. The Hall–Kier alpha value is -2.36. The summed E-state index contributed by atoms with van der Waals surface area (Å²) in [4.78, 5) is 24.4. The lowest BCUT2D eigenvalue weighted by Gasteiger charge is -2.07. The van der Waals surface area contributed by atoms with Crippen LogP contribution in [0.3, 0.4) is 0 Å². The van der Waals surface area contributed by atoms with Crippen LogP contribution in [0.1, 0.15) is 16.2 Å². The molecular formula is C19H17BrClN5O2S. The molecule has 3 aromatic rings. The normalized spacial score (nSPS) is 10.6.